The first-order chi connectivity index (χ1) is 13.5. The average Bonchev–Trinajstić information content (AvgIpc) is 3.05. The molecule has 28 heavy (non-hydrogen) atoms. The number of fused-ring (bicyclic) bond motifs is 2. The summed E-state index contributed by atoms with van der Waals surface area (Å²) in [6.07, 6.45) is 0. The summed E-state index contributed by atoms with van der Waals surface area (Å²) < 4.78 is 21.5. The van der Waals surface area contributed by atoms with Gasteiger partial charge in [-0.3, -0.25) is 0 Å². The third kappa shape index (κ3) is 3.17. The summed E-state index contributed by atoms with van der Waals surface area (Å²) in [5, 5.41) is 4.19. The Labute approximate surface area is 168 Å². The molecule has 4 aromatic rings. The first kappa shape index (κ1) is 18.6. The van der Waals surface area contributed by atoms with E-state index in [-0.39, 0.29) is 22.1 Å². The van der Waals surface area contributed by atoms with Gasteiger partial charge >= 0.3 is 6.01 Å². The zero-order chi connectivity index (χ0) is 19.8. The molecule has 0 fully saturated rings. The fraction of sp³-hybridized carbons (Fsp3) is 0.167. The zero-order valence-corrected chi connectivity index (χ0v) is 16.4. The Hall–Kier alpha value is -2.75. The Morgan fingerprint density at radius 3 is 2.82 bits per heavy atom. The second kappa shape index (κ2) is 7.34. The van der Waals surface area contributed by atoms with Crippen LogP contribution in [-0.4, -0.2) is 35.2 Å². The molecule has 0 atom stereocenters. The number of nitrogens with one attached hydrogen (secondary N) is 1. The maximum atomic E-state index is 15.5. The highest BCUT2D eigenvalue weighted by atomic mass is 35.5. The van der Waals surface area contributed by atoms with Crippen molar-refractivity contribution in [3.05, 3.63) is 35.1 Å². The van der Waals surface area contributed by atoms with E-state index >= 15 is 4.39 Å². The van der Waals surface area contributed by atoms with Crippen LogP contribution >= 0.6 is 22.9 Å². The summed E-state index contributed by atoms with van der Waals surface area (Å²) in [7, 11) is 1.42. The Kier molecular flexibility index (Phi) is 4.88. The fourth-order valence-corrected chi connectivity index (χ4v) is 4.03. The van der Waals surface area contributed by atoms with E-state index in [9.17, 15) is 0 Å². The number of aromatic nitrogens is 3. The van der Waals surface area contributed by atoms with Gasteiger partial charge in [0.15, 0.2) is 10.9 Å². The summed E-state index contributed by atoms with van der Waals surface area (Å²) in [4.78, 5) is 12.6. The fourth-order valence-electron chi connectivity index (χ4n) is 2.95. The van der Waals surface area contributed by atoms with Crippen molar-refractivity contribution in [3.8, 4) is 17.1 Å². The van der Waals surface area contributed by atoms with Crippen molar-refractivity contribution in [2.24, 2.45) is 5.73 Å². The molecular weight excluding hydrogens is 403 g/mol. The number of halogens is 2. The summed E-state index contributed by atoms with van der Waals surface area (Å²) in [6.45, 7) is 0.847. The molecule has 0 aliphatic carbocycles. The van der Waals surface area contributed by atoms with E-state index in [1.807, 2.05) is 6.07 Å². The molecular formula is C18H16ClFN6OS. The van der Waals surface area contributed by atoms with E-state index in [4.69, 9.17) is 27.8 Å². The number of nitrogen functional groups attached to an aromatic ring is 1. The van der Waals surface area contributed by atoms with E-state index in [0.29, 0.717) is 35.0 Å². The summed E-state index contributed by atoms with van der Waals surface area (Å²) in [5.41, 5.74) is 13.0. The number of ether oxygens (including phenoxy) is 1. The van der Waals surface area contributed by atoms with Crippen molar-refractivity contribution >= 4 is 55.0 Å². The van der Waals surface area contributed by atoms with Crippen LogP contribution in [0.2, 0.25) is 5.02 Å². The molecule has 7 nitrogen and oxygen atoms in total. The summed E-state index contributed by atoms with van der Waals surface area (Å²) >= 11 is 7.79. The number of methoxy groups -OCH3 is 1. The number of benzene rings is 2. The molecule has 144 valence electrons. The molecule has 0 unspecified atom stereocenters. The molecule has 4 rings (SSSR count). The second-order valence-electron chi connectivity index (χ2n) is 5.95. The van der Waals surface area contributed by atoms with Crippen LogP contribution in [0.5, 0.6) is 6.01 Å². The van der Waals surface area contributed by atoms with Crippen molar-refractivity contribution < 1.29 is 9.13 Å². The lowest BCUT2D eigenvalue weighted by atomic mass is 10.0. The predicted octanol–water partition coefficient (Wildman–Crippen LogP) is 3.66. The van der Waals surface area contributed by atoms with E-state index in [1.165, 1.54) is 18.4 Å². The molecule has 0 radical (unpaired) electrons. The van der Waals surface area contributed by atoms with Crippen LogP contribution in [0.4, 0.5) is 15.3 Å². The van der Waals surface area contributed by atoms with E-state index in [2.05, 4.69) is 20.3 Å². The lowest BCUT2D eigenvalue weighted by Gasteiger charge is -2.13. The molecule has 0 amide bonds. The van der Waals surface area contributed by atoms with Crippen molar-refractivity contribution in [3.63, 3.8) is 0 Å². The average molecular weight is 419 g/mol. The third-order valence-corrected chi connectivity index (χ3v) is 5.32. The van der Waals surface area contributed by atoms with Gasteiger partial charge in [0.2, 0.25) is 0 Å². The van der Waals surface area contributed by atoms with Gasteiger partial charge in [0.05, 0.1) is 22.3 Å². The predicted molar refractivity (Wildman–Crippen MR) is 112 cm³/mol. The molecule has 0 saturated heterocycles. The Morgan fingerprint density at radius 2 is 2.07 bits per heavy atom. The van der Waals surface area contributed by atoms with Gasteiger partial charge < -0.3 is 21.5 Å². The Balaban J connectivity index is 1.95. The molecule has 0 aliphatic rings. The van der Waals surface area contributed by atoms with Gasteiger partial charge in [0.1, 0.15) is 11.3 Å². The number of hydrogen-bond acceptors (Lipinski definition) is 8. The Morgan fingerprint density at radius 1 is 1.25 bits per heavy atom. The van der Waals surface area contributed by atoms with Gasteiger partial charge in [-0.1, -0.05) is 29.0 Å². The number of hydrogen-bond donors (Lipinski definition) is 3. The standard InChI is InChI=1S/C18H16ClFN6OS/c1-27-18-25-15-9(16(26-18)23-5-4-21)7-10(19)13(14(15)20)8-2-3-11-12(6-8)28-17(22)24-11/h2-3,6-7H,4-5,21H2,1H3,(H2,22,24)(H,23,25,26). The maximum absolute atomic E-state index is 15.5. The highest BCUT2D eigenvalue weighted by Gasteiger charge is 2.20. The minimum atomic E-state index is -0.559. The molecule has 5 N–H and O–H groups in total. The normalized spacial score (nSPS) is 11.3. The van der Waals surface area contributed by atoms with Gasteiger partial charge in [-0.2, -0.15) is 9.97 Å². The van der Waals surface area contributed by atoms with E-state index < -0.39 is 5.82 Å². The van der Waals surface area contributed by atoms with Crippen molar-refractivity contribution in [2.45, 2.75) is 0 Å². The van der Waals surface area contributed by atoms with Gasteiger partial charge in [-0.15, -0.1) is 0 Å². The molecule has 2 aromatic carbocycles. The quantitative estimate of drug-likeness (QED) is 0.453. The van der Waals surface area contributed by atoms with E-state index in [0.717, 1.165) is 10.2 Å². The van der Waals surface area contributed by atoms with Crippen LogP contribution < -0.4 is 21.5 Å². The van der Waals surface area contributed by atoms with E-state index in [1.54, 1.807) is 18.2 Å². The van der Waals surface area contributed by atoms with Crippen LogP contribution in [0.1, 0.15) is 0 Å². The first-order valence-corrected chi connectivity index (χ1v) is 9.55. The van der Waals surface area contributed by atoms with Crippen LogP contribution in [0, 0.1) is 5.82 Å². The molecule has 2 aromatic heterocycles. The summed E-state index contributed by atoms with van der Waals surface area (Å²) in [5.74, 6) is -0.152. The molecule has 0 aliphatic heterocycles. The Bertz CT molecular complexity index is 1200. The topological polar surface area (TPSA) is 112 Å². The SMILES string of the molecule is COc1nc(NCCN)c2cc(Cl)c(-c3ccc4nc(N)sc4c3)c(F)c2n1. The second-order valence-corrected chi connectivity index (χ2v) is 7.42. The first-order valence-electron chi connectivity index (χ1n) is 8.36. The van der Waals surface area contributed by atoms with Crippen LogP contribution in [0.15, 0.2) is 24.3 Å². The van der Waals surface area contributed by atoms with Gasteiger partial charge in [-0.05, 0) is 23.8 Å². The van der Waals surface area contributed by atoms with Gasteiger partial charge in [0.25, 0.3) is 0 Å². The maximum Gasteiger partial charge on any atom is 0.318 e. The number of thiazole rings is 1. The smallest absolute Gasteiger partial charge is 0.318 e. The summed E-state index contributed by atoms with van der Waals surface area (Å²) in [6, 6.07) is 7.03. The molecule has 0 spiro atoms. The minimum absolute atomic E-state index is 0.0462. The third-order valence-electron chi connectivity index (χ3n) is 4.18. The van der Waals surface area contributed by atoms with Crippen molar-refractivity contribution in [1.29, 1.82) is 0 Å². The molecule has 0 saturated carbocycles. The van der Waals surface area contributed by atoms with Crippen LogP contribution in [0.3, 0.4) is 0 Å². The highest BCUT2D eigenvalue weighted by Crippen LogP contribution is 2.39. The van der Waals surface area contributed by atoms with Gasteiger partial charge in [-0.25, -0.2) is 9.37 Å². The molecule has 0 bridgehead atoms. The monoisotopic (exact) mass is 418 g/mol. The highest BCUT2D eigenvalue weighted by molar-refractivity contribution is 7.22. The van der Waals surface area contributed by atoms with Crippen LogP contribution in [0.25, 0.3) is 32.2 Å². The molecule has 2 heterocycles. The van der Waals surface area contributed by atoms with Crippen molar-refractivity contribution in [2.75, 3.05) is 31.2 Å². The van der Waals surface area contributed by atoms with Gasteiger partial charge in [0, 0.05) is 24.0 Å². The lowest BCUT2D eigenvalue weighted by molar-refractivity contribution is 0.382. The zero-order valence-electron chi connectivity index (χ0n) is 14.8. The number of anilines is 2. The van der Waals surface area contributed by atoms with Crippen molar-refractivity contribution in [1.82, 2.24) is 15.0 Å². The van der Waals surface area contributed by atoms with Crippen LogP contribution in [-0.2, 0) is 0 Å². The number of nitrogens with zero attached hydrogens (tertiary/aromatic N) is 3. The molecule has 10 heteroatoms. The number of rotatable bonds is 5. The number of nitrogens with two attached hydrogens (primary N) is 2. The minimum Gasteiger partial charge on any atom is -0.467 e. The lowest BCUT2D eigenvalue weighted by Crippen LogP contribution is -2.14. The largest absolute Gasteiger partial charge is 0.467 e.